The van der Waals surface area contributed by atoms with E-state index in [-0.39, 0.29) is 0 Å². The van der Waals surface area contributed by atoms with Gasteiger partial charge < -0.3 is 20.9 Å². The number of anilines is 2. The third-order valence-corrected chi connectivity index (χ3v) is 1.99. The molecule has 0 spiro atoms. The van der Waals surface area contributed by atoms with Gasteiger partial charge in [0.1, 0.15) is 11.4 Å². The van der Waals surface area contributed by atoms with Crippen molar-refractivity contribution in [1.82, 2.24) is 0 Å². The van der Waals surface area contributed by atoms with Gasteiger partial charge in [-0.2, -0.15) is 0 Å². The summed E-state index contributed by atoms with van der Waals surface area (Å²) in [6.07, 6.45) is 0. The van der Waals surface area contributed by atoms with Crippen molar-refractivity contribution in [2.45, 2.75) is 6.92 Å². The Hall–Kier alpha value is -1.58. The van der Waals surface area contributed by atoms with Gasteiger partial charge in [-0.25, -0.2) is 0 Å². The number of rotatable bonds is 2. The van der Waals surface area contributed by atoms with E-state index >= 15 is 0 Å². The molecule has 72 valence electrons. The molecule has 1 rings (SSSR count). The highest BCUT2D eigenvalue weighted by atomic mass is 16.5. The van der Waals surface area contributed by atoms with Crippen molar-refractivity contribution < 1.29 is 9.47 Å². The Kier molecular flexibility index (Phi) is 2.51. The number of ether oxygens (including phenoxy) is 2. The van der Waals surface area contributed by atoms with E-state index in [4.69, 9.17) is 20.9 Å². The molecule has 4 nitrogen and oxygen atoms in total. The normalized spacial score (nSPS) is 9.77. The molecule has 0 atom stereocenters. The smallest absolute Gasteiger partial charge is 0.150 e. The average Bonchev–Trinajstić information content (AvgIpc) is 2.12. The molecule has 1 aromatic rings. The Bertz CT molecular complexity index is 324. The summed E-state index contributed by atoms with van der Waals surface area (Å²) < 4.78 is 10.2. The third-order valence-electron chi connectivity index (χ3n) is 1.99. The molecule has 0 fully saturated rings. The van der Waals surface area contributed by atoms with Gasteiger partial charge in [0, 0.05) is 17.3 Å². The molecule has 0 radical (unpaired) electrons. The van der Waals surface area contributed by atoms with Gasteiger partial charge in [0.25, 0.3) is 0 Å². The van der Waals surface area contributed by atoms with Crippen LogP contribution in [-0.2, 0) is 0 Å². The van der Waals surface area contributed by atoms with Gasteiger partial charge in [-0.1, -0.05) is 0 Å². The first-order valence-corrected chi connectivity index (χ1v) is 3.88. The topological polar surface area (TPSA) is 70.5 Å². The lowest BCUT2D eigenvalue weighted by Gasteiger charge is -2.13. The fraction of sp³-hybridized carbons (Fsp3) is 0.333. The molecular formula is C9H14N2O2. The summed E-state index contributed by atoms with van der Waals surface area (Å²) in [5.41, 5.74) is 13.4. The van der Waals surface area contributed by atoms with E-state index in [1.165, 1.54) is 0 Å². The van der Waals surface area contributed by atoms with Crippen LogP contribution >= 0.6 is 0 Å². The van der Waals surface area contributed by atoms with Crippen molar-refractivity contribution in [1.29, 1.82) is 0 Å². The zero-order valence-electron chi connectivity index (χ0n) is 8.05. The number of hydrogen-bond acceptors (Lipinski definition) is 4. The lowest BCUT2D eigenvalue weighted by atomic mass is 10.1. The Labute approximate surface area is 77.4 Å². The van der Waals surface area contributed by atoms with Crippen molar-refractivity contribution in [2.75, 3.05) is 25.7 Å². The predicted octanol–water partition coefficient (Wildman–Crippen LogP) is 1.18. The molecule has 0 saturated carbocycles. The van der Waals surface area contributed by atoms with Gasteiger partial charge in [-0.3, -0.25) is 0 Å². The maximum absolute atomic E-state index is 5.77. The molecule has 0 saturated heterocycles. The first-order valence-electron chi connectivity index (χ1n) is 3.88. The van der Waals surface area contributed by atoms with Crippen LogP contribution < -0.4 is 20.9 Å². The van der Waals surface area contributed by atoms with E-state index < -0.39 is 0 Å². The standard InChI is InChI=1S/C9H14N2O2/c1-5-6(10)4-7(12-2)8(11)9(5)13-3/h4H,10-11H2,1-3H3. The van der Waals surface area contributed by atoms with Crippen LogP contribution in [0.3, 0.4) is 0 Å². The minimum Gasteiger partial charge on any atom is -0.494 e. The molecule has 0 aliphatic carbocycles. The molecule has 1 aromatic carbocycles. The first kappa shape index (κ1) is 9.51. The SMILES string of the molecule is COc1cc(N)c(C)c(OC)c1N. The van der Waals surface area contributed by atoms with Crippen LogP contribution in [-0.4, -0.2) is 14.2 Å². The molecule has 13 heavy (non-hydrogen) atoms. The molecule has 0 aliphatic rings. The lowest BCUT2D eigenvalue weighted by Crippen LogP contribution is -2.01. The Balaban J connectivity index is 3.39. The van der Waals surface area contributed by atoms with Crippen LogP contribution in [0.25, 0.3) is 0 Å². The van der Waals surface area contributed by atoms with Gasteiger partial charge in [-0.05, 0) is 6.92 Å². The van der Waals surface area contributed by atoms with Gasteiger partial charge >= 0.3 is 0 Å². The molecule has 4 heteroatoms. The number of benzene rings is 1. The van der Waals surface area contributed by atoms with Crippen LogP contribution in [0.5, 0.6) is 11.5 Å². The van der Waals surface area contributed by atoms with E-state index in [0.29, 0.717) is 22.9 Å². The van der Waals surface area contributed by atoms with Crippen LogP contribution in [0.4, 0.5) is 11.4 Å². The first-order chi connectivity index (χ1) is 6.11. The van der Waals surface area contributed by atoms with E-state index in [1.807, 2.05) is 6.92 Å². The van der Waals surface area contributed by atoms with Crippen molar-refractivity contribution in [3.8, 4) is 11.5 Å². The maximum atomic E-state index is 5.77. The van der Waals surface area contributed by atoms with Crippen molar-refractivity contribution >= 4 is 11.4 Å². The average molecular weight is 182 g/mol. The largest absolute Gasteiger partial charge is 0.494 e. The van der Waals surface area contributed by atoms with E-state index in [0.717, 1.165) is 5.56 Å². The minimum atomic E-state index is 0.483. The molecule has 0 aliphatic heterocycles. The third kappa shape index (κ3) is 1.47. The highest BCUT2D eigenvalue weighted by Crippen LogP contribution is 2.38. The molecule has 4 N–H and O–H groups in total. The summed E-state index contributed by atoms with van der Waals surface area (Å²) in [5.74, 6) is 1.12. The number of methoxy groups -OCH3 is 2. The maximum Gasteiger partial charge on any atom is 0.150 e. The second kappa shape index (κ2) is 3.43. The zero-order valence-corrected chi connectivity index (χ0v) is 8.05. The Morgan fingerprint density at radius 2 is 1.77 bits per heavy atom. The van der Waals surface area contributed by atoms with Crippen LogP contribution in [0.1, 0.15) is 5.56 Å². The van der Waals surface area contributed by atoms with Gasteiger partial charge in [-0.15, -0.1) is 0 Å². The van der Waals surface area contributed by atoms with Crippen LogP contribution in [0.2, 0.25) is 0 Å². The van der Waals surface area contributed by atoms with Crippen molar-refractivity contribution in [3.63, 3.8) is 0 Å². The van der Waals surface area contributed by atoms with Crippen LogP contribution in [0, 0.1) is 6.92 Å². The number of nitrogen functional groups attached to an aromatic ring is 2. The van der Waals surface area contributed by atoms with E-state index in [2.05, 4.69) is 0 Å². The zero-order chi connectivity index (χ0) is 10.0. The lowest BCUT2D eigenvalue weighted by molar-refractivity contribution is 0.397. The monoisotopic (exact) mass is 182 g/mol. The number of hydrogen-bond donors (Lipinski definition) is 2. The molecular weight excluding hydrogens is 168 g/mol. The summed E-state index contributed by atoms with van der Waals surface area (Å²) in [6, 6.07) is 1.69. The van der Waals surface area contributed by atoms with Crippen molar-refractivity contribution in [2.24, 2.45) is 0 Å². The Morgan fingerprint density at radius 3 is 2.23 bits per heavy atom. The van der Waals surface area contributed by atoms with Gasteiger partial charge in [0.15, 0.2) is 5.75 Å². The highest BCUT2D eigenvalue weighted by Gasteiger charge is 2.12. The predicted molar refractivity (Wildman–Crippen MR) is 53.1 cm³/mol. The van der Waals surface area contributed by atoms with Gasteiger partial charge in [0.2, 0.25) is 0 Å². The van der Waals surface area contributed by atoms with E-state index in [9.17, 15) is 0 Å². The summed E-state index contributed by atoms with van der Waals surface area (Å²) in [7, 11) is 3.09. The molecule has 0 bridgehead atoms. The minimum absolute atomic E-state index is 0.483. The van der Waals surface area contributed by atoms with Crippen molar-refractivity contribution in [3.05, 3.63) is 11.6 Å². The van der Waals surface area contributed by atoms with Gasteiger partial charge in [0.05, 0.1) is 14.2 Å². The summed E-state index contributed by atoms with van der Waals surface area (Å²) in [4.78, 5) is 0. The van der Waals surface area contributed by atoms with Crippen LogP contribution in [0.15, 0.2) is 6.07 Å². The fourth-order valence-electron chi connectivity index (χ4n) is 1.20. The highest BCUT2D eigenvalue weighted by molar-refractivity contribution is 5.73. The molecule has 0 heterocycles. The molecule has 0 unspecified atom stereocenters. The van der Waals surface area contributed by atoms with E-state index in [1.54, 1.807) is 20.3 Å². The summed E-state index contributed by atoms with van der Waals surface area (Å²) in [6.45, 7) is 1.85. The Morgan fingerprint density at radius 1 is 1.15 bits per heavy atom. The second-order valence-corrected chi connectivity index (χ2v) is 2.74. The number of nitrogens with two attached hydrogens (primary N) is 2. The summed E-state index contributed by atoms with van der Waals surface area (Å²) in [5, 5.41) is 0. The summed E-state index contributed by atoms with van der Waals surface area (Å²) >= 11 is 0. The molecule has 0 aromatic heterocycles. The molecule has 0 amide bonds. The fourth-order valence-corrected chi connectivity index (χ4v) is 1.20. The second-order valence-electron chi connectivity index (χ2n) is 2.74. The quantitative estimate of drug-likeness (QED) is 0.674.